The van der Waals surface area contributed by atoms with Crippen LogP contribution in [0.15, 0.2) is 36.7 Å². The summed E-state index contributed by atoms with van der Waals surface area (Å²) in [5.41, 5.74) is 0.846. The first-order valence-corrected chi connectivity index (χ1v) is 13.0. The molecule has 1 unspecified atom stereocenters. The van der Waals surface area contributed by atoms with E-state index in [0.717, 1.165) is 24.8 Å². The number of nitrogens with zero attached hydrogens (tertiary/aromatic N) is 2. The van der Waals surface area contributed by atoms with Crippen LogP contribution < -0.4 is 9.47 Å². The highest BCUT2D eigenvalue weighted by atomic mass is 16.6. The summed E-state index contributed by atoms with van der Waals surface area (Å²) in [6.07, 6.45) is 16.0. The van der Waals surface area contributed by atoms with Crippen molar-refractivity contribution >= 4 is 5.97 Å². The zero-order valence-corrected chi connectivity index (χ0v) is 21.3. The first-order chi connectivity index (χ1) is 16.6. The zero-order valence-electron chi connectivity index (χ0n) is 21.3. The summed E-state index contributed by atoms with van der Waals surface area (Å²) in [5, 5.41) is 0. The predicted molar refractivity (Wildman–Crippen MR) is 136 cm³/mol. The van der Waals surface area contributed by atoms with E-state index < -0.39 is 6.10 Å². The summed E-state index contributed by atoms with van der Waals surface area (Å²) in [6, 6.07) is 7.18. The molecular formula is C28H42N2O4. The Morgan fingerprint density at radius 2 is 1.32 bits per heavy atom. The van der Waals surface area contributed by atoms with Gasteiger partial charge in [0.2, 0.25) is 0 Å². The minimum absolute atomic E-state index is 0.383. The molecule has 0 aliphatic rings. The quantitative estimate of drug-likeness (QED) is 0.131. The van der Waals surface area contributed by atoms with Crippen LogP contribution in [-0.4, -0.2) is 35.3 Å². The summed E-state index contributed by atoms with van der Waals surface area (Å²) in [4.78, 5) is 21.1. The summed E-state index contributed by atoms with van der Waals surface area (Å²) in [7, 11) is 0. The van der Waals surface area contributed by atoms with Crippen molar-refractivity contribution in [1.29, 1.82) is 0 Å². The monoisotopic (exact) mass is 470 g/mol. The molecule has 0 aliphatic heterocycles. The molecule has 0 bridgehead atoms. The van der Waals surface area contributed by atoms with Crippen molar-refractivity contribution in [3.63, 3.8) is 0 Å². The molecule has 0 radical (unpaired) electrons. The molecule has 0 aliphatic carbocycles. The van der Waals surface area contributed by atoms with Gasteiger partial charge in [-0.25, -0.2) is 14.8 Å². The molecule has 0 saturated heterocycles. The van der Waals surface area contributed by atoms with Crippen molar-refractivity contribution in [2.24, 2.45) is 0 Å². The lowest BCUT2D eigenvalue weighted by molar-refractivity contribution is -0.146. The van der Waals surface area contributed by atoms with Crippen LogP contribution in [0.1, 0.15) is 91.4 Å². The van der Waals surface area contributed by atoms with E-state index in [1.54, 1.807) is 31.5 Å². The molecule has 1 heterocycles. The molecule has 0 saturated carbocycles. The second kappa shape index (κ2) is 17.0. The fraction of sp³-hybridized carbons (Fsp3) is 0.607. The van der Waals surface area contributed by atoms with Crippen molar-refractivity contribution < 1.29 is 19.0 Å². The Morgan fingerprint density at radius 3 is 1.94 bits per heavy atom. The Labute approximate surface area is 205 Å². The van der Waals surface area contributed by atoms with Crippen LogP contribution in [0.25, 0.3) is 11.4 Å². The summed E-state index contributed by atoms with van der Waals surface area (Å²) >= 11 is 0. The van der Waals surface area contributed by atoms with Crippen LogP contribution in [0.2, 0.25) is 0 Å². The van der Waals surface area contributed by atoms with Gasteiger partial charge in [0.1, 0.15) is 5.75 Å². The summed E-state index contributed by atoms with van der Waals surface area (Å²) in [6.45, 7) is 7.42. The van der Waals surface area contributed by atoms with Gasteiger partial charge in [0, 0.05) is 12.2 Å². The normalized spacial score (nSPS) is 11.9. The first kappa shape index (κ1) is 27.8. The van der Waals surface area contributed by atoms with Crippen LogP contribution in [0, 0.1) is 0 Å². The van der Waals surface area contributed by atoms with Gasteiger partial charge in [-0.1, -0.05) is 71.6 Å². The maximum absolute atomic E-state index is 12.3. The largest absolute Gasteiger partial charge is 0.490 e. The number of benzene rings is 1. The minimum atomic E-state index is -0.585. The SMILES string of the molecule is CCCCCCCCOC(C)C(=O)Oc1ccc(-c2ncc(OCCCCCCC)cn2)cc1. The van der Waals surface area contributed by atoms with Crippen LogP contribution >= 0.6 is 0 Å². The molecular weight excluding hydrogens is 428 g/mol. The van der Waals surface area contributed by atoms with E-state index in [1.807, 2.05) is 12.1 Å². The van der Waals surface area contributed by atoms with E-state index in [0.29, 0.717) is 30.5 Å². The zero-order chi connectivity index (χ0) is 24.4. The number of unbranched alkanes of at least 4 members (excludes halogenated alkanes) is 9. The maximum atomic E-state index is 12.3. The molecule has 2 rings (SSSR count). The van der Waals surface area contributed by atoms with E-state index >= 15 is 0 Å². The van der Waals surface area contributed by atoms with Crippen molar-refractivity contribution in [1.82, 2.24) is 9.97 Å². The number of carbonyl (C=O) groups excluding carboxylic acids is 1. The van der Waals surface area contributed by atoms with Gasteiger partial charge in [-0.2, -0.15) is 0 Å². The molecule has 0 amide bonds. The van der Waals surface area contributed by atoms with Crippen LogP contribution in [0.3, 0.4) is 0 Å². The topological polar surface area (TPSA) is 70.5 Å². The standard InChI is InChI=1S/C28H42N2O4/c1-4-6-8-10-12-13-19-32-23(3)28(31)34-25-17-15-24(16-18-25)27-29-21-26(22-30-27)33-20-14-11-9-7-5-2/h15-18,21-23H,4-14,19-20H2,1-3H3. The Morgan fingerprint density at radius 1 is 0.765 bits per heavy atom. The minimum Gasteiger partial charge on any atom is -0.490 e. The van der Waals surface area contributed by atoms with Gasteiger partial charge in [0.15, 0.2) is 17.7 Å². The number of rotatable bonds is 18. The highest BCUT2D eigenvalue weighted by molar-refractivity contribution is 5.77. The maximum Gasteiger partial charge on any atom is 0.340 e. The number of ether oxygens (including phenoxy) is 3. The molecule has 6 nitrogen and oxygen atoms in total. The second-order valence-electron chi connectivity index (χ2n) is 8.73. The van der Waals surface area contributed by atoms with Crippen LogP contribution in [-0.2, 0) is 9.53 Å². The number of esters is 1. The highest BCUT2D eigenvalue weighted by Gasteiger charge is 2.16. The Hall–Kier alpha value is -2.47. The molecule has 2 aromatic rings. The van der Waals surface area contributed by atoms with E-state index in [9.17, 15) is 4.79 Å². The lowest BCUT2D eigenvalue weighted by atomic mass is 10.1. The fourth-order valence-electron chi connectivity index (χ4n) is 3.52. The van der Waals surface area contributed by atoms with Crippen LogP contribution in [0.4, 0.5) is 0 Å². The Kier molecular flexibility index (Phi) is 13.9. The van der Waals surface area contributed by atoms with Gasteiger partial charge >= 0.3 is 5.97 Å². The molecule has 0 N–H and O–H groups in total. The van der Waals surface area contributed by atoms with Gasteiger partial charge in [-0.15, -0.1) is 0 Å². The lowest BCUT2D eigenvalue weighted by Gasteiger charge is -2.12. The summed E-state index contributed by atoms with van der Waals surface area (Å²) < 4.78 is 16.8. The third-order valence-corrected chi connectivity index (χ3v) is 5.67. The Bertz CT molecular complexity index is 793. The summed E-state index contributed by atoms with van der Waals surface area (Å²) in [5.74, 6) is 1.38. The highest BCUT2D eigenvalue weighted by Crippen LogP contribution is 2.21. The van der Waals surface area contributed by atoms with Crippen molar-refractivity contribution in [3.8, 4) is 22.9 Å². The van der Waals surface area contributed by atoms with E-state index in [-0.39, 0.29) is 5.97 Å². The van der Waals surface area contributed by atoms with Crippen molar-refractivity contribution in [3.05, 3.63) is 36.7 Å². The number of hydrogen-bond donors (Lipinski definition) is 0. The number of aromatic nitrogens is 2. The Balaban J connectivity index is 1.71. The fourth-order valence-corrected chi connectivity index (χ4v) is 3.52. The van der Waals surface area contributed by atoms with Gasteiger partial charge in [-0.05, 0) is 44.0 Å². The van der Waals surface area contributed by atoms with Crippen LogP contribution in [0.5, 0.6) is 11.5 Å². The smallest absolute Gasteiger partial charge is 0.340 e. The molecule has 188 valence electrons. The number of hydrogen-bond acceptors (Lipinski definition) is 6. The van der Waals surface area contributed by atoms with Gasteiger partial charge in [-0.3, -0.25) is 0 Å². The molecule has 1 aromatic carbocycles. The molecule has 0 fully saturated rings. The van der Waals surface area contributed by atoms with Gasteiger partial charge in [0.25, 0.3) is 0 Å². The average Bonchev–Trinajstić information content (AvgIpc) is 2.86. The van der Waals surface area contributed by atoms with E-state index in [4.69, 9.17) is 14.2 Å². The molecule has 0 spiro atoms. The molecule has 34 heavy (non-hydrogen) atoms. The average molecular weight is 471 g/mol. The van der Waals surface area contributed by atoms with E-state index in [1.165, 1.54) is 51.4 Å². The lowest BCUT2D eigenvalue weighted by Crippen LogP contribution is -2.26. The molecule has 1 atom stereocenters. The van der Waals surface area contributed by atoms with Crippen molar-refractivity contribution in [2.75, 3.05) is 13.2 Å². The third kappa shape index (κ3) is 11.1. The predicted octanol–water partition coefficient (Wildman–Crippen LogP) is 7.16. The van der Waals surface area contributed by atoms with Crippen molar-refractivity contribution in [2.45, 2.75) is 97.5 Å². The molecule has 6 heteroatoms. The number of carbonyl (C=O) groups is 1. The van der Waals surface area contributed by atoms with E-state index in [2.05, 4.69) is 23.8 Å². The second-order valence-corrected chi connectivity index (χ2v) is 8.73. The van der Waals surface area contributed by atoms with Gasteiger partial charge < -0.3 is 14.2 Å². The molecule has 1 aromatic heterocycles. The van der Waals surface area contributed by atoms with Gasteiger partial charge in [0.05, 0.1) is 19.0 Å². The first-order valence-electron chi connectivity index (χ1n) is 13.0. The third-order valence-electron chi connectivity index (χ3n) is 5.67.